The van der Waals surface area contributed by atoms with Gasteiger partial charge in [0.25, 0.3) is 5.56 Å². The van der Waals surface area contributed by atoms with Gasteiger partial charge in [-0.2, -0.15) is 5.10 Å². The van der Waals surface area contributed by atoms with Crippen molar-refractivity contribution in [2.75, 3.05) is 18.8 Å². The third-order valence-electron chi connectivity index (χ3n) is 5.08. The Kier molecular flexibility index (Phi) is 4.46. The van der Waals surface area contributed by atoms with Crippen molar-refractivity contribution in [3.05, 3.63) is 22.6 Å². The summed E-state index contributed by atoms with van der Waals surface area (Å²) in [6.07, 6.45) is 3.61. The highest BCUT2D eigenvalue weighted by atomic mass is 16.6. The molecule has 0 aliphatic carbocycles. The van der Waals surface area contributed by atoms with E-state index >= 15 is 0 Å². The topological polar surface area (TPSA) is 106 Å². The molecule has 0 spiro atoms. The van der Waals surface area contributed by atoms with Crippen molar-refractivity contribution in [3.8, 4) is 0 Å². The Balaban J connectivity index is 1.88. The molecule has 1 saturated heterocycles. The molecule has 8 nitrogen and oxygen atoms in total. The number of aromatic nitrogens is 3. The number of carbonyl (C=O) groups excluding carboxylic acids is 1. The standard InChI is InChI=1S/C18H27N5O3/c1-5-18(7-10-22(11-8-18)16(25)26-17(2,3)4)23-12-6-9-20-15(24)13(12)14(19)21-23/h6,9H,5,7-8,10-11H2,1-4H3,(H2,19,21)(H,20,24). The molecule has 1 fully saturated rings. The summed E-state index contributed by atoms with van der Waals surface area (Å²) in [5.74, 6) is 0.240. The summed E-state index contributed by atoms with van der Waals surface area (Å²) in [4.78, 5) is 28.8. The van der Waals surface area contributed by atoms with Crippen molar-refractivity contribution in [1.29, 1.82) is 0 Å². The van der Waals surface area contributed by atoms with Crippen molar-refractivity contribution in [2.24, 2.45) is 0 Å². The first-order valence-electron chi connectivity index (χ1n) is 9.01. The van der Waals surface area contributed by atoms with Crippen LogP contribution >= 0.6 is 0 Å². The molecule has 26 heavy (non-hydrogen) atoms. The Morgan fingerprint density at radius 1 is 1.38 bits per heavy atom. The Labute approximate surface area is 152 Å². The second-order valence-electron chi connectivity index (χ2n) is 7.91. The van der Waals surface area contributed by atoms with Crippen molar-refractivity contribution >= 4 is 22.8 Å². The Morgan fingerprint density at radius 3 is 2.62 bits per heavy atom. The lowest BCUT2D eigenvalue weighted by Crippen LogP contribution is -2.49. The number of fused-ring (bicyclic) bond motifs is 1. The SMILES string of the molecule is CCC1(n2nc(N)c3c(=O)[nH]ccc32)CCN(C(=O)OC(C)(C)C)CC1. The molecule has 0 bridgehead atoms. The van der Waals surface area contributed by atoms with Gasteiger partial charge in [0.15, 0.2) is 5.82 Å². The first-order valence-corrected chi connectivity index (χ1v) is 9.01. The molecule has 2 aromatic heterocycles. The smallest absolute Gasteiger partial charge is 0.410 e. The third kappa shape index (κ3) is 3.15. The Morgan fingerprint density at radius 2 is 2.04 bits per heavy atom. The number of nitrogens with one attached hydrogen (secondary N) is 1. The highest BCUT2D eigenvalue weighted by Gasteiger charge is 2.39. The summed E-state index contributed by atoms with van der Waals surface area (Å²) in [7, 11) is 0. The molecule has 0 aromatic carbocycles. The van der Waals surface area contributed by atoms with Gasteiger partial charge in [-0.15, -0.1) is 0 Å². The number of ether oxygens (including phenoxy) is 1. The van der Waals surface area contributed by atoms with E-state index in [1.54, 1.807) is 11.1 Å². The number of amides is 1. The number of likely N-dealkylation sites (tertiary alicyclic amines) is 1. The predicted octanol–water partition coefficient (Wildman–Crippen LogP) is 2.44. The molecule has 0 saturated carbocycles. The minimum absolute atomic E-state index is 0.233. The van der Waals surface area contributed by atoms with E-state index in [2.05, 4.69) is 17.0 Å². The number of nitrogens with zero attached hydrogens (tertiary/aromatic N) is 3. The van der Waals surface area contributed by atoms with Crippen molar-refractivity contribution in [2.45, 2.75) is 58.1 Å². The maximum Gasteiger partial charge on any atom is 0.410 e. The fourth-order valence-electron chi connectivity index (χ4n) is 3.61. The predicted molar refractivity (Wildman–Crippen MR) is 100 cm³/mol. The van der Waals surface area contributed by atoms with E-state index in [9.17, 15) is 9.59 Å². The van der Waals surface area contributed by atoms with Crippen LogP contribution in [0.4, 0.5) is 10.6 Å². The average Bonchev–Trinajstić information content (AvgIpc) is 2.92. The van der Waals surface area contributed by atoms with Gasteiger partial charge in [0, 0.05) is 19.3 Å². The molecule has 142 valence electrons. The monoisotopic (exact) mass is 361 g/mol. The van der Waals surface area contributed by atoms with Crippen LogP contribution in [0.3, 0.4) is 0 Å². The molecule has 0 unspecified atom stereocenters. The van der Waals surface area contributed by atoms with Gasteiger partial charge in [-0.1, -0.05) is 6.92 Å². The zero-order valence-electron chi connectivity index (χ0n) is 15.8. The number of pyridine rings is 1. The van der Waals surface area contributed by atoms with Crippen LogP contribution in [0.15, 0.2) is 17.1 Å². The number of nitrogen functional groups attached to an aromatic ring is 1. The fraction of sp³-hybridized carbons (Fsp3) is 0.611. The van der Waals surface area contributed by atoms with E-state index in [4.69, 9.17) is 10.5 Å². The van der Waals surface area contributed by atoms with Crippen LogP contribution in [-0.4, -0.2) is 44.4 Å². The van der Waals surface area contributed by atoms with Gasteiger partial charge in [0.2, 0.25) is 0 Å². The molecule has 2 aromatic rings. The number of piperidine rings is 1. The number of rotatable bonds is 2. The number of nitrogens with two attached hydrogens (primary N) is 1. The number of H-pyrrole nitrogens is 1. The van der Waals surface area contributed by atoms with E-state index in [0.717, 1.165) is 24.8 Å². The molecule has 0 radical (unpaired) electrons. The van der Waals surface area contributed by atoms with Gasteiger partial charge in [-0.05, 0) is 46.1 Å². The van der Waals surface area contributed by atoms with Gasteiger partial charge in [0.05, 0.1) is 11.1 Å². The number of anilines is 1. The van der Waals surface area contributed by atoms with Crippen LogP contribution in [0.25, 0.3) is 10.9 Å². The number of hydrogen-bond acceptors (Lipinski definition) is 5. The molecule has 1 aliphatic heterocycles. The normalized spacial score (nSPS) is 17.5. The van der Waals surface area contributed by atoms with Crippen molar-refractivity contribution in [3.63, 3.8) is 0 Å². The Bertz CT molecular complexity index is 869. The third-order valence-corrected chi connectivity index (χ3v) is 5.08. The van der Waals surface area contributed by atoms with E-state index < -0.39 is 5.60 Å². The second kappa shape index (κ2) is 6.34. The van der Waals surface area contributed by atoms with Crippen LogP contribution in [0.2, 0.25) is 0 Å². The Hall–Kier alpha value is -2.51. The molecule has 3 N–H and O–H groups in total. The maximum absolute atomic E-state index is 12.3. The molecular weight excluding hydrogens is 334 g/mol. The van der Waals surface area contributed by atoms with Gasteiger partial charge < -0.3 is 20.4 Å². The van der Waals surface area contributed by atoms with Gasteiger partial charge in [0.1, 0.15) is 11.0 Å². The molecule has 1 amide bonds. The van der Waals surface area contributed by atoms with Crippen molar-refractivity contribution < 1.29 is 9.53 Å². The van der Waals surface area contributed by atoms with Crippen LogP contribution in [0, 0.1) is 0 Å². The largest absolute Gasteiger partial charge is 0.444 e. The van der Waals surface area contributed by atoms with Crippen LogP contribution < -0.4 is 11.3 Å². The van der Waals surface area contributed by atoms with Crippen LogP contribution in [0.1, 0.15) is 47.0 Å². The average molecular weight is 361 g/mol. The maximum atomic E-state index is 12.3. The van der Waals surface area contributed by atoms with E-state index in [1.807, 2.05) is 31.5 Å². The fourth-order valence-corrected chi connectivity index (χ4v) is 3.61. The number of carbonyl (C=O) groups is 1. The lowest BCUT2D eigenvalue weighted by molar-refractivity contribution is 0.0101. The van der Waals surface area contributed by atoms with Gasteiger partial charge in [-0.3, -0.25) is 9.48 Å². The zero-order chi connectivity index (χ0) is 19.1. The first-order chi connectivity index (χ1) is 12.2. The molecule has 0 atom stereocenters. The van der Waals surface area contributed by atoms with Crippen molar-refractivity contribution in [1.82, 2.24) is 19.7 Å². The summed E-state index contributed by atoms with van der Waals surface area (Å²) in [5.41, 5.74) is 5.72. The van der Waals surface area contributed by atoms with Crippen LogP contribution in [-0.2, 0) is 10.3 Å². The summed E-state index contributed by atoms with van der Waals surface area (Å²) < 4.78 is 7.36. The molecule has 3 heterocycles. The van der Waals surface area contributed by atoms with E-state index in [1.165, 1.54) is 0 Å². The summed E-state index contributed by atoms with van der Waals surface area (Å²) in [6.45, 7) is 8.84. The van der Waals surface area contributed by atoms with Crippen LogP contribution in [0.5, 0.6) is 0 Å². The van der Waals surface area contributed by atoms with E-state index in [0.29, 0.717) is 18.5 Å². The molecule has 3 rings (SSSR count). The molecule has 1 aliphatic rings. The quantitative estimate of drug-likeness (QED) is 0.854. The number of aromatic amines is 1. The van der Waals surface area contributed by atoms with E-state index in [-0.39, 0.29) is 23.0 Å². The summed E-state index contributed by atoms with van der Waals surface area (Å²) in [6, 6.07) is 1.83. The van der Waals surface area contributed by atoms with Gasteiger partial charge >= 0.3 is 6.09 Å². The summed E-state index contributed by atoms with van der Waals surface area (Å²) in [5, 5.41) is 4.91. The lowest BCUT2D eigenvalue weighted by Gasteiger charge is -2.42. The van der Waals surface area contributed by atoms with Gasteiger partial charge in [-0.25, -0.2) is 4.79 Å². The molecular formula is C18H27N5O3. The number of hydrogen-bond donors (Lipinski definition) is 2. The zero-order valence-corrected chi connectivity index (χ0v) is 15.8. The highest BCUT2D eigenvalue weighted by Crippen LogP contribution is 2.36. The lowest BCUT2D eigenvalue weighted by atomic mass is 9.85. The first kappa shape index (κ1) is 18.3. The highest BCUT2D eigenvalue weighted by molar-refractivity contribution is 5.88. The minimum Gasteiger partial charge on any atom is -0.444 e. The minimum atomic E-state index is -0.510. The summed E-state index contributed by atoms with van der Waals surface area (Å²) >= 11 is 0. The second-order valence-corrected chi connectivity index (χ2v) is 7.91. The molecule has 8 heteroatoms.